The Hall–Kier alpha value is -2.47. The average molecular weight is 269 g/mol. The van der Waals surface area contributed by atoms with Gasteiger partial charge in [-0.2, -0.15) is 5.10 Å². The second-order valence-electron chi connectivity index (χ2n) is 4.54. The molecule has 0 spiro atoms. The molecule has 2 aromatic heterocycles. The Morgan fingerprint density at radius 2 is 2.05 bits per heavy atom. The van der Waals surface area contributed by atoms with E-state index in [1.165, 1.54) is 6.33 Å². The topological polar surface area (TPSA) is 75.9 Å². The third-order valence-electron chi connectivity index (χ3n) is 3.18. The van der Waals surface area contributed by atoms with Crippen LogP contribution in [0.25, 0.3) is 11.0 Å². The van der Waals surface area contributed by atoms with Gasteiger partial charge in [0.2, 0.25) is 0 Å². The number of nitrogens with one attached hydrogen (secondary N) is 1. The van der Waals surface area contributed by atoms with Crippen molar-refractivity contribution in [1.29, 1.82) is 0 Å². The fourth-order valence-electron chi connectivity index (χ4n) is 2.09. The van der Waals surface area contributed by atoms with Gasteiger partial charge in [-0.1, -0.05) is 30.3 Å². The summed E-state index contributed by atoms with van der Waals surface area (Å²) in [5, 5.41) is 18.3. The Morgan fingerprint density at radius 1 is 1.25 bits per heavy atom. The first-order chi connectivity index (χ1) is 9.75. The van der Waals surface area contributed by atoms with Gasteiger partial charge in [-0.25, -0.2) is 9.97 Å². The number of aryl methyl sites for hydroxylation is 1. The molecule has 2 N–H and O–H groups in total. The minimum absolute atomic E-state index is 0.380. The number of aliphatic hydroxyl groups excluding tert-OH is 1. The number of benzene rings is 1. The van der Waals surface area contributed by atoms with Crippen molar-refractivity contribution < 1.29 is 5.11 Å². The minimum atomic E-state index is -0.585. The van der Waals surface area contributed by atoms with Crippen molar-refractivity contribution >= 4 is 16.9 Å². The Morgan fingerprint density at radius 3 is 2.85 bits per heavy atom. The van der Waals surface area contributed by atoms with Gasteiger partial charge >= 0.3 is 0 Å². The third kappa shape index (κ3) is 2.33. The highest BCUT2D eigenvalue weighted by Crippen LogP contribution is 2.19. The van der Waals surface area contributed by atoms with E-state index >= 15 is 0 Å². The summed E-state index contributed by atoms with van der Waals surface area (Å²) in [5.41, 5.74) is 1.63. The molecule has 0 saturated carbocycles. The summed E-state index contributed by atoms with van der Waals surface area (Å²) in [4.78, 5) is 8.37. The minimum Gasteiger partial charge on any atom is -0.387 e. The summed E-state index contributed by atoms with van der Waals surface area (Å²) in [7, 11) is 1.83. The van der Waals surface area contributed by atoms with Crippen LogP contribution in [0.4, 0.5) is 5.82 Å². The molecule has 0 amide bonds. The first kappa shape index (κ1) is 12.6. The van der Waals surface area contributed by atoms with E-state index in [4.69, 9.17) is 0 Å². The largest absolute Gasteiger partial charge is 0.387 e. The van der Waals surface area contributed by atoms with E-state index in [1.54, 1.807) is 10.9 Å². The molecule has 3 rings (SSSR count). The van der Waals surface area contributed by atoms with Crippen molar-refractivity contribution in [2.45, 2.75) is 6.10 Å². The van der Waals surface area contributed by atoms with Crippen LogP contribution in [0.2, 0.25) is 0 Å². The second-order valence-corrected chi connectivity index (χ2v) is 4.54. The van der Waals surface area contributed by atoms with Crippen LogP contribution in [-0.2, 0) is 7.05 Å². The fraction of sp³-hybridized carbons (Fsp3) is 0.214. The molecule has 2 heterocycles. The van der Waals surface area contributed by atoms with Crippen LogP contribution in [0.3, 0.4) is 0 Å². The van der Waals surface area contributed by atoms with Crippen molar-refractivity contribution in [2.75, 3.05) is 11.9 Å². The Kier molecular flexibility index (Phi) is 3.30. The van der Waals surface area contributed by atoms with Crippen LogP contribution in [0.15, 0.2) is 42.9 Å². The standard InChI is InChI=1S/C14H15N5O/c1-19-14-11(7-18-19)13(16-9-17-14)15-8-12(20)10-5-3-2-4-6-10/h2-7,9,12,20H,8H2,1H3,(H,15,16,17)/t12-/m1/s1. The summed E-state index contributed by atoms with van der Waals surface area (Å²) in [6.07, 6.45) is 2.62. The molecule has 1 aromatic carbocycles. The van der Waals surface area contributed by atoms with Crippen molar-refractivity contribution in [1.82, 2.24) is 19.7 Å². The molecule has 102 valence electrons. The van der Waals surface area contributed by atoms with Crippen LogP contribution in [0.1, 0.15) is 11.7 Å². The molecule has 0 fully saturated rings. The van der Waals surface area contributed by atoms with Crippen LogP contribution < -0.4 is 5.32 Å². The maximum absolute atomic E-state index is 10.1. The molecule has 0 aliphatic heterocycles. The van der Waals surface area contributed by atoms with Gasteiger partial charge in [0.05, 0.1) is 17.7 Å². The first-order valence-electron chi connectivity index (χ1n) is 6.35. The molecular weight excluding hydrogens is 254 g/mol. The molecule has 20 heavy (non-hydrogen) atoms. The molecule has 0 aliphatic carbocycles. The number of hydrogen-bond acceptors (Lipinski definition) is 5. The zero-order chi connectivity index (χ0) is 13.9. The Bertz CT molecular complexity index is 710. The van der Waals surface area contributed by atoms with E-state index in [0.717, 1.165) is 16.6 Å². The molecule has 6 heteroatoms. The van der Waals surface area contributed by atoms with Crippen LogP contribution in [-0.4, -0.2) is 31.4 Å². The maximum atomic E-state index is 10.1. The van der Waals surface area contributed by atoms with Gasteiger partial charge in [-0.3, -0.25) is 4.68 Å². The lowest BCUT2D eigenvalue weighted by Crippen LogP contribution is -2.13. The number of rotatable bonds is 4. The highest BCUT2D eigenvalue weighted by molar-refractivity contribution is 5.85. The zero-order valence-corrected chi connectivity index (χ0v) is 11.1. The van der Waals surface area contributed by atoms with Crippen LogP contribution in [0, 0.1) is 0 Å². The fourth-order valence-corrected chi connectivity index (χ4v) is 2.09. The van der Waals surface area contributed by atoms with Crippen molar-refractivity contribution in [2.24, 2.45) is 7.05 Å². The van der Waals surface area contributed by atoms with Gasteiger partial charge in [0.1, 0.15) is 12.1 Å². The molecule has 0 radical (unpaired) electrons. The van der Waals surface area contributed by atoms with E-state index in [1.807, 2.05) is 37.4 Å². The number of nitrogens with zero attached hydrogens (tertiary/aromatic N) is 4. The number of aliphatic hydroxyl groups is 1. The monoisotopic (exact) mass is 269 g/mol. The van der Waals surface area contributed by atoms with Crippen molar-refractivity contribution in [3.05, 3.63) is 48.4 Å². The SMILES string of the molecule is Cn1ncc2c(NC[C@@H](O)c3ccccc3)ncnc21. The molecule has 0 bridgehead atoms. The smallest absolute Gasteiger partial charge is 0.163 e. The Labute approximate surface area is 116 Å². The molecule has 6 nitrogen and oxygen atoms in total. The van der Waals surface area contributed by atoms with Gasteiger partial charge in [0.15, 0.2) is 5.65 Å². The lowest BCUT2D eigenvalue weighted by Gasteiger charge is -2.12. The van der Waals surface area contributed by atoms with E-state index in [-0.39, 0.29) is 0 Å². The van der Waals surface area contributed by atoms with Crippen LogP contribution >= 0.6 is 0 Å². The summed E-state index contributed by atoms with van der Waals surface area (Å²) in [6, 6.07) is 9.52. The van der Waals surface area contributed by atoms with E-state index < -0.39 is 6.10 Å². The second kappa shape index (κ2) is 5.26. The Balaban J connectivity index is 1.77. The van der Waals surface area contributed by atoms with Gasteiger partial charge in [-0.15, -0.1) is 0 Å². The van der Waals surface area contributed by atoms with Crippen LogP contribution in [0.5, 0.6) is 0 Å². The van der Waals surface area contributed by atoms with Gasteiger partial charge < -0.3 is 10.4 Å². The molecular formula is C14H15N5O. The summed E-state index contributed by atoms with van der Waals surface area (Å²) < 4.78 is 1.69. The normalized spacial score (nSPS) is 12.5. The van der Waals surface area contributed by atoms with Crippen molar-refractivity contribution in [3.8, 4) is 0 Å². The van der Waals surface area contributed by atoms with E-state index in [9.17, 15) is 5.11 Å². The average Bonchev–Trinajstić information content (AvgIpc) is 2.88. The number of hydrogen-bond donors (Lipinski definition) is 2. The third-order valence-corrected chi connectivity index (χ3v) is 3.18. The predicted molar refractivity (Wildman–Crippen MR) is 76.2 cm³/mol. The van der Waals surface area contributed by atoms with E-state index in [2.05, 4.69) is 20.4 Å². The quantitative estimate of drug-likeness (QED) is 0.751. The molecule has 0 unspecified atom stereocenters. The molecule has 0 aliphatic rings. The van der Waals surface area contributed by atoms with Gasteiger partial charge in [0, 0.05) is 13.6 Å². The zero-order valence-electron chi connectivity index (χ0n) is 11.1. The highest BCUT2D eigenvalue weighted by Gasteiger charge is 2.10. The molecule has 3 aromatic rings. The molecule has 1 atom stereocenters. The number of anilines is 1. The first-order valence-corrected chi connectivity index (χ1v) is 6.35. The summed E-state index contributed by atoms with van der Waals surface area (Å²) in [5.74, 6) is 0.679. The molecule has 0 saturated heterocycles. The number of fused-ring (bicyclic) bond motifs is 1. The van der Waals surface area contributed by atoms with E-state index in [0.29, 0.717) is 12.4 Å². The van der Waals surface area contributed by atoms with Gasteiger partial charge in [-0.05, 0) is 5.56 Å². The highest BCUT2D eigenvalue weighted by atomic mass is 16.3. The lowest BCUT2D eigenvalue weighted by atomic mass is 10.1. The summed E-state index contributed by atoms with van der Waals surface area (Å²) >= 11 is 0. The number of aromatic nitrogens is 4. The lowest BCUT2D eigenvalue weighted by molar-refractivity contribution is 0.191. The maximum Gasteiger partial charge on any atom is 0.163 e. The van der Waals surface area contributed by atoms with Crippen molar-refractivity contribution in [3.63, 3.8) is 0 Å². The predicted octanol–water partition coefficient (Wildman–Crippen LogP) is 1.51. The van der Waals surface area contributed by atoms with Gasteiger partial charge in [0.25, 0.3) is 0 Å². The summed E-state index contributed by atoms with van der Waals surface area (Å²) in [6.45, 7) is 0.380.